The van der Waals surface area contributed by atoms with Crippen molar-refractivity contribution in [2.75, 3.05) is 6.54 Å². The molecule has 0 saturated heterocycles. The van der Waals surface area contributed by atoms with E-state index in [9.17, 15) is 9.59 Å². The van der Waals surface area contributed by atoms with E-state index in [1.54, 1.807) is 19.3 Å². The first-order valence-corrected chi connectivity index (χ1v) is 7.45. The van der Waals surface area contributed by atoms with Crippen LogP contribution >= 0.6 is 0 Å². The van der Waals surface area contributed by atoms with Crippen molar-refractivity contribution in [3.8, 4) is 11.1 Å². The fourth-order valence-corrected chi connectivity index (χ4v) is 2.30. The van der Waals surface area contributed by atoms with E-state index in [4.69, 9.17) is 4.52 Å². The third-order valence-electron chi connectivity index (χ3n) is 3.38. The Labute approximate surface area is 134 Å². The molecule has 2 amide bonds. The average Bonchev–Trinajstić information content (AvgIpc) is 3.05. The van der Waals surface area contributed by atoms with Crippen LogP contribution in [0.25, 0.3) is 11.1 Å². The maximum absolute atomic E-state index is 12.0. The quantitative estimate of drug-likeness (QED) is 0.820. The van der Waals surface area contributed by atoms with Gasteiger partial charge in [-0.1, -0.05) is 5.16 Å². The van der Waals surface area contributed by atoms with Gasteiger partial charge >= 0.3 is 0 Å². The van der Waals surface area contributed by atoms with E-state index in [0.717, 1.165) is 16.8 Å². The van der Waals surface area contributed by atoms with E-state index in [2.05, 4.69) is 20.9 Å². The minimum atomic E-state index is -0.583. The number of rotatable bonds is 6. The molecule has 8 heteroatoms. The smallest absolute Gasteiger partial charge is 0.242 e. The zero-order valence-electron chi connectivity index (χ0n) is 13.7. The van der Waals surface area contributed by atoms with E-state index in [0.29, 0.717) is 12.3 Å². The summed E-state index contributed by atoms with van der Waals surface area (Å²) in [6.07, 6.45) is 3.41. The molecule has 0 saturated carbocycles. The number of aromatic nitrogens is 3. The molecule has 0 radical (unpaired) electrons. The van der Waals surface area contributed by atoms with Crippen molar-refractivity contribution >= 4 is 11.8 Å². The van der Waals surface area contributed by atoms with Gasteiger partial charge in [0.1, 0.15) is 18.3 Å². The predicted octanol–water partition coefficient (Wildman–Crippen LogP) is 0.796. The summed E-state index contributed by atoms with van der Waals surface area (Å²) in [6.45, 7) is 7.71. The Morgan fingerprint density at radius 3 is 2.74 bits per heavy atom. The van der Waals surface area contributed by atoms with Crippen molar-refractivity contribution in [1.29, 1.82) is 0 Å². The Hall–Kier alpha value is -2.64. The minimum Gasteiger partial charge on any atom is -0.361 e. The van der Waals surface area contributed by atoms with Crippen LogP contribution in [0.4, 0.5) is 0 Å². The van der Waals surface area contributed by atoms with Gasteiger partial charge in [-0.3, -0.25) is 14.3 Å². The van der Waals surface area contributed by atoms with Crippen molar-refractivity contribution in [3.05, 3.63) is 23.8 Å². The number of hydrogen-bond donors (Lipinski definition) is 2. The summed E-state index contributed by atoms with van der Waals surface area (Å²) in [5.41, 5.74) is 2.49. The van der Waals surface area contributed by atoms with Crippen LogP contribution in [0.5, 0.6) is 0 Å². The van der Waals surface area contributed by atoms with Crippen LogP contribution < -0.4 is 10.6 Å². The van der Waals surface area contributed by atoms with Gasteiger partial charge in [0.25, 0.3) is 0 Å². The van der Waals surface area contributed by atoms with Crippen molar-refractivity contribution in [1.82, 2.24) is 25.6 Å². The Morgan fingerprint density at radius 2 is 2.13 bits per heavy atom. The van der Waals surface area contributed by atoms with E-state index >= 15 is 0 Å². The maximum Gasteiger partial charge on any atom is 0.242 e. The Bertz CT molecular complexity index is 684. The Balaban J connectivity index is 1.99. The molecule has 124 valence electrons. The second kappa shape index (κ2) is 7.08. The first kappa shape index (κ1) is 16.7. The Kier molecular flexibility index (Phi) is 5.15. The molecule has 2 aromatic rings. The summed E-state index contributed by atoms with van der Waals surface area (Å²) in [5, 5.41) is 13.4. The van der Waals surface area contributed by atoms with Gasteiger partial charge in [-0.2, -0.15) is 5.10 Å². The molecule has 2 N–H and O–H groups in total. The zero-order valence-corrected chi connectivity index (χ0v) is 13.7. The standard InChI is InChI=1S/C15H21N5O3/c1-5-16-15(22)10(3)18-13(21)8-20-7-12(6-17-20)14-9(2)19-23-11(14)4/h6-7,10H,5,8H2,1-4H3,(H,16,22)(H,18,21)/t10-/m0/s1. The van der Waals surface area contributed by atoms with Crippen LogP contribution in [0.3, 0.4) is 0 Å². The van der Waals surface area contributed by atoms with Crippen LogP contribution in [0, 0.1) is 13.8 Å². The van der Waals surface area contributed by atoms with Gasteiger partial charge in [-0.25, -0.2) is 0 Å². The van der Waals surface area contributed by atoms with E-state index in [-0.39, 0.29) is 18.4 Å². The van der Waals surface area contributed by atoms with Crippen molar-refractivity contribution in [3.63, 3.8) is 0 Å². The summed E-state index contributed by atoms with van der Waals surface area (Å²) >= 11 is 0. The molecule has 1 atom stereocenters. The molecule has 0 aliphatic rings. The molecular formula is C15H21N5O3. The summed E-state index contributed by atoms with van der Waals surface area (Å²) in [4.78, 5) is 23.6. The molecule has 2 rings (SSSR count). The van der Waals surface area contributed by atoms with Gasteiger partial charge in [0.05, 0.1) is 17.5 Å². The van der Waals surface area contributed by atoms with E-state index in [1.165, 1.54) is 4.68 Å². The van der Waals surface area contributed by atoms with Crippen molar-refractivity contribution < 1.29 is 14.1 Å². The number of amides is 2. The van der Waals surface area contributed by atoms with Gasteiger partial charge in [0.2, 0.25) is 11.8 Å². The number of hydrogen-bond acceptors (Lipinski definition) is 5. The molecule has 23 heavy (non-hydrogen) atoms. The predicted molar refractivity (Wildman–Crippen MR) is 83.5 cm³/mol. The highest BCUT2D eigenvalue weighted by Gasteiger charge is 2.17. The van der Waals surface area contributed by atoms with E-state index in [1.807, 2.05) is 20.8 Å². The monoisotopic (exact) mass is 319 g/mol. The molecule has 0 aliphatic carbocycles. The lowest BCUT2D eigenvalue weighted by Crippen LogP contribution is -2.45. The molecule has 0 bridgehead atoms. The topological polar surface area (TPSA) is 102 Å². The van der Waals surface area contributed by atoms with Crippen LogP contribution in [0.15, 0.2) is 16.9 Å². The number of likely N-dealkylation sites (N-methyl/N-ethyl adjacent to an activating group) is 1. The molecule has 0 aromatic carbocycles. The first-order valence-electron chi connectivity index (χ1n) is 7.45. The molecule has 0 unspecified atom stereocenters. The molecule has 2 heterocycles. The lowest BCUT2D eigenvalue weighted by molar-refractivity contribution is -0.128. The molecule has 0 fully saturated rings. The average molecular weight is 319 g/mol. The number of nitrogens with zero attached hydrogens (tertiary/aromatic N) is 3. The second-order valence-electron chi connectivity index (χ2n) is 5.31. The highest BCUT2D eigenvalue weighted by atomic mass is 16.5. The molecule has 0 aliphatic heterocycles. The highest BCUT2D eigenvalue weighted by molar-refractivity contribution is 5.87. The van der Waals surface area contributed by atoms with Crippen LogP contribution in [-0.2, 0) is 16.1 Å². The summed E-state index contributed by atoms with van der Waals surface area (Å²) in [5.74, 6) is 0.214. The summed E-state index contributed by atoms with van der Waals surface area (Å²) < 4.78 is 6.65. The SMILES string of the molecule is CCNC(=O)[C@H](C)NC(=O)Cn1cc(-c2c(C)noc2C)cn1. The second-order valence-corrected chi connectivity index (χ2v) is 5.31. The van der Waals surface area contributed by atoms with Gasteiger partial charge in [0.15, 0.2) is 0 Å². The van der Waals surface area contributed by atoms with Gasteiger partial charge < -0.3 is 15.2 Å². The summed E-state index contributed by atoms with van der Waals surface area (Å²) in [6, 6.07) is -0.583. The number of carbonyl (C=O) groups is 2. The molecular weight excluding hydrogens is 298 g/mol. The highest BCUT2D eigenvalue weighted by Crippen LogP contribution is 2.25. The molecule has 8 nitrogen and oxygen atoms in total. The molecule has 2 aromatic heterocycles. The minimum absolute atomic E-state index is 0.0348. The fourth-order valence-electron chi connectivity index (χ4n) is 2.30. The fraction of sp³-hybridized carbons (Fsp3) is 0.467. The van der Waals surface area contributed by atoms with Crippen molar-refractivity contribution in [2.45, 2.75) is 40.3 Å². The maximum atomic E-state index is 12.0. The number of aryl methyl sites for hydroxylation is 2. The normalized spacial score (nSPS) is 12.0. The van der Waals surface area contributed by atoms with Crippen LogP contribution in [-0.4, -0.2) is 39.3 Å². The zero-order chi connectivity index (χ0) is 17.0. The van der Waals surface area contributed by atoms with E-state index < -0.39 is 6.04 Å². The van der Waals surface area contributed by atoms with Gasteiger partial charge in [0, 0.05) is 18.3 Å². The third-order valence-corrected chi connectivity index (χ3v) is 3.38. The van der Waals surface area contributed by atoms with Crippen molar-refractivity contribution in [2.24, 2.45) is 0 Å². The number of carbonyl (C=O) groups excluding carboxylic acids is 2. The molecule has 0 spiro atoms. The van der Waals surface area contributed by atoms with Crippen LogP contribution in [0.1, 0.15) is 25.3 Å². The van der Waals surface area contributed by atoms with Gasteiger partial charge in [-0.05, 0) is 27.7 Å². The lowest BCUT2D eigenvalue weighted by Gasteiger charge is -2.13. The largest absolute Gasteiger partial charge is 0.361 e. The lowest BCUT2D eigenvalue weighted by atomic mass is 10.1. The van der Waals surface area contributed by atoms with Gasteiger partial charge in [-0.15, -0.1) is 0 Å². The third kappa shape index (κ3) is 3.97. The first-order chi connectivity index (χ1) is 10.9. The summed E-state index contributed by atoms with van der Waals surface area (Å²) in [7, 11) is 0. The number of nitrogens with one attached hydrogen (secondary N) is 2. The Morgan fingerprint density at radius 1 is 1.39 bits per heavy atom. The van der Waals surface area contributed by atoms with Crippen LogP contribution in [0.2, 0.25) is 0 Å².